The molecular formula is C21H18ClFN2O5. The highest BCUT2D eigenvalue weighted by Crippen LogP contribution is 2.37. The van der Waals surface area contributed by atoms with Crippen molar-refractivity contribution in [1.82, 2.24) is 5.32 Å². The number of hydrogen-bond donors (Lipinski definition) is 1. The number of urea groups is 1. The summed E-state index contributed by atoms with van der Waals surface area (Å²) in [5.41, 5.74) is -0.266. The van der Waals surface area contributed by atoms with Crippen molar-refractivity contribution in [1.29, 1.82) is 0 Å². The zero-order valence-corrected chi connectivity index (χ0v) is 17.0. The van der Waals surface area contributed by atoms with Gasteiger partial charge in [-0.05, 0) is 42.3 Å². The van der Waals surface area contributed by atoms with Crippen LogP contribution in [0.25, 0.3) is 6.08 Å². The van der Waals surface area contributed by atoms with Crippen LogP contribution in [0.5, 0.6) is 11.5 Å². The molecule has 0 unspecified atom stereocenters. The number of nitrogens with zero attached hydrogens (tertiary/aromatic N) is 1. The number of para-hydroxylation sites is 1. The lowest BCUT2D eigenvalue weighted by molar-refractivity contribution is -0.122. The monoisotopic (exact) mass is 432 g/mol. The van der Waals surface area contributed by atoms with Crippen molar-refractivity contribution in [2.24, 2.45) is 0 Å². The molecule has 1 saturated heterocycles. The van der Waals surface area contributed by atoms with E-state index >= 15 is 0 Å². The number of methoxy groups -OCH3 is 1. The molecule has 9 heteroatoms. The molecule has 2 aromatic carbocycles. The van der Waals surface area contributed by atoms with E-state index in [1.165, 1.54) is 43.5 Å². The van der Waals surface area contributed by atoms with Crippen molar-refractivity contribution in [3.05, 3.63) is 58.4 Å². The largest absolute Gasteiger partial charge is 0.493 e. The van der Waals surface area contributed by atoms with E-state index in [2.05, 4.69) is 0 Å². The Morgan fingerprint density at radius 2 is 1.93 bits per heavy atom. The molecule has 7 nitrogen and oxygen atoms in total. The van der Waals surface area contributed by atoms with Crippen molar-refractivity contribution in [2.45, 2.75) is 13.3 Å². The van der Waals surface area contributed by atoms with E-state index in [4.69, 9.17) is 21.1 Å². The Balaban J connectivity index is 2.02. The third kappa shape index (κ3) is 4.13. The quantitative estimate of drug-likeness (QED) is 0.552. The summed E-state index contributed by atoms with van der Waals surface area (Å²) in [6.45, 7) is 2.37. The van der Waals surface area contributed by atoms with Crippen LogP contribution in [0.15, 0.2) is 42.0 Å². The van der Waals surface area contributed by atoms with Crippen LogP contribution in [0.2, 0.25) is 5.02 Å². The van der Waals surface area contributed by atoms with Crippen LogP contribution >= 0.6 is 11.6 Å². The average Bonchev–Trinajstić information content (AvgIpc) is 2.71. The minimum Gasteiger partial charge on any atom is -0.493 e. The van der Waals surface area contributed by atoms with Gasteiger partial charge in [-0.25, -0.2) is 14.1 Å². The molecule has 0 saturated carbocycles. The molecule has 3 rings (SSSR count). The number of barbiturate groups is 1. The van der Waals surface area contributed by atoms with Gasteiger partial charge in [-0.3, -0.25) is 14.9 Å². The first kappa shape index (κ1) is 21.3. The summed E-state index contributed by atoms with van der Waals surface area (Å²) in [6.07, 6.45) is 2.01. The highest BCUT2D eigenvalue weighted by atomic mass is 35.5. The zero-order chi connectivity index (χ0) is 21.8. The van der Waals surface area contributed by atoms with Crippen molar-refractivity contribution in [2.75, 3.05) is 18.6 Å². The Hall–Kier alpha value is -3.39. The smallest absolute Gasteiger partial charge is 0.336 e. The maximum atomic E-state index is 14.1. The predicted octanol–water partition coefficient (Wildman–Crippen LogP) is 3.94. The first-order chi connectivity index (χ1) is 14.4. The number of rotatable bonds is 6. The molecule has 156 valence electrons. The average molecular weight is 433 g/mol. The van der Waals surface area contributed by atoms with Crippen LogP contribution < -0.4 is 19.7 Å². The molecule has 1 aliphatic rings. The van der Waals surface area contributed by atoms with Gasteiger partial charge in [-0.1, -0.05) is 30.7 Å². The number of benzene rings is 2. The third-order valence-corrected chi connectivity index (χ3v) is 4.49. The Labute approximate surface area is 177 Å². The highest BCUT2D eigenvalue weighted by molar-refractivity contribution is 6.39. The summed E-state index contributed by atoms with van der Waals surface area (Å²) in [7, 11) is 1.43. The number of anilines is 1. The molecular weight excluding hydrogens is 415 g/mol. The lowest BCUT2D eigenvalue weighted by atomic mass is 10.1. The number of ether oxygens (including phenoxy) is 2. The lowest BCUT2D eigenvalue weighted by Gasteiger charge is -2.26. The van der Waals surface area contributed by atoms with Gasteiger partial charge < -0.3 is 9.47 Å². The molecule has 1 N–H and O–H groups in total. The molecule has 1 fully saturated rings. The van der Waals surface area contributed by atoms with Gasteiger partial charge in [-0.15, -0.1) is 0 Å². The Kier molecular flexibility index (Phi) is 6.37. The van der Waals surface area contributed by atoms with E-state index in [9.17, 15) is 18.8 Å². The molecule has 0 aliphatic carbocycles. The first-order valence-corrected chi connectivity index (χ1v) is 9.41. The number of nitrogens with one attached hydrogen (secondary N) is 1. The minimum absolute atomic E-state index is 0.223. The maximum absolute atomic E-state index is 14.1. The molecule has 0 radical (unpaired) electrons. The summed E-state index contributed by atoms with van der Waals surface area (Å²) >= 11 is 6.27. The third-order valence-electron chi connectivity index (χ3n) is 4.21. The maximum Gasteiger partial charge on any atom is 0.336 e. The molecule has 30 heavy (non-hydrogen) atoms. The molecule has 0 aromatic heterocycles. The molecule has 0 bridgehead atoms. The normalized spacial score (nSPS) is 15.4. The summed E-state index contributed by atoms with van der Waals surface area (Å²) in [5, 5.41) is 2.26. The molecule has 2 aromatic rings. The van der Waals surface area contributed by atoms with E-state index in [1.807, 2.05) is 12.2 Å². The van der Waals surface area contributed by atoms with Gasteiger partial charge in [-0.2, -0.15) is 0 Å². The van der Waals surface area contributed by atoms with Crippen molar-refractivity contribution in [3.63, 3.8) is 0 Å². The summed E-state index contributed by atoms with van der Waals surface area (Å²) < 4.78 is 25.0. The van der Waals surface area contributed by atoms with Gasteiger partial charge in [0.2, 0.25) is 0 Å². The molecule has 1 aliphatic heterocycles. The molecule has 4 amide bonds. The number of halogens is 2. The van der Waals surface area contributed by atoms with Gasteiger partial charge in [0.15, 0.2) is 11.5 Å². The second-order valence-corrected chi connectivity index (χ2v) is 6.70. The number of amides is 4. The van der Waals surface area contributed by atoms with Gasteiger partial charge >= 0.3 is 6.03 Å². The van der Waals surface area contributed by atoms with Crippen molar-refractivity contribution in [3.8, 4) is 11.5 Å². The molecule has 0 atom stereocenters. The van der Waals surface area contributed by atoms with Crippen LogP contribution in [0, 0.1) is 5.82 Å². The van der Waals surface area contributed by atoms with Gasteiger partial charge in [0.25, 0.3) is 11.8 Å². The predicted molar refractivity (Wildman–Crippen MR) is 109 cm³/mol. The van der Waals surface area contributed by atoms with Crippen molar-refractivity contribution >= 4 is 41.2 Å². The second-order valence-electron chi connectivity index (χ2n) is 6.29. The number of hydrogen-bond acceptors (Lipinski definition) is 5. The lowest BCUT2D eigenvalue weighted by Crippen LogP contribution is -2.54. The van der Waals surface area contributed by atoms with Gasteiger partial charge in [0, 0.05) is 0 Å². The Bertz CT molecular complexity index is 1050. The fourth-order valence-electron chi connectivity index (χ4n) is 2.84. The number of imide groups is 2. The van der Waals surface area contributed by atoms with E-state index < -0.39 is 23.7 Å². The topological polar surface area (TPSA) is 84.9 Å². The van der Waals surface area contributed by atoms with Crippen molar-refractivity contribution < 1.29 is 28.2 Å². The summed E-state index contributed by atoms with van der Waals surface area (Å²) in [6, 6.07) is 7.25. The van der Waals surface area contributed by atoms with E-state index in [-0.39, 0.29) is 16.3 Å². The van der Waals surface area contributed by atoms with E-state index in [0.717, 1.165) is 12.5 Å². The highest BCUT2D eigenvalue weighted by Gasteiger charge is 2.38. The van der Waals surface area contributed by atoms with Gasteiger partial charge in [0.05, 0.1) is 24.4 Å². The van der Waals surface area contributed by atoms with Crippen LogP contribution in [-0.4, -0.2) is 31.6 Å². The van der Waals surface area contributed by atoms with E-state index in [0.29, 0.717) is 28.6 Å². The summed E-state index contributed by atoms with van der Waals surface area (Å²) in [5.74, 6) is -2.00. The molecule has 1 heterocycles. The van der Waals surface area contributed by atoms with Gasteiger partial charge in [0.1, 0.15) is 11.4 Å². The summed E-state index contributed by atoms with van der Waals surface area (Å²) in [4.78, 5) is 37.9. The standard InChI is InChI=1S/C21H18ClFN2O5/c1-3-8-30-18-14(22)10-12(11-17(18)29-2)9-13-19(26)24-21(28)25(20(13)27)16-7-5-4-6-15(16)23/h4-7,9-11H,3,8H2,1-2H3,(H,24,26,28)/b13-9-. The second kappa shape index (κ2) is 8.96. The van der Waals surface area contributed by atoms with Crippen LogP contribution in [-0.2, 0) is 9.59 Å². The number of carbonyl (C=O) groups excluding carboxylic acids is 3. The zero-order valence-electron chi connectivity index (χ0n) is 16.2. The Morgan fingerprint density at radius 1 is 1.20 bits per heavy atom. The van der Waals surface area contributed by atoms with Crippen LogP contribution in [0.3, 0.4) is 0 Å². The minimum atomic E-state index is -1.04. The SMILES string of the molecule is CCCOc1c(Cl)cc(/C=C2/C(=O)NC(=O)N(c3ccccc3F)C2=O)cc1OC. The van der Waals surface area contributed by atoms with Crippen LogP contribution in [0.4, 0.5) is 14.9 Å². The molecule has 0 spiro atoms. The first-order valence-electron chi connectivity index (χ1n) is 9.03. The fraction of sp³-hybridized carbons (Fsp3) is 0.190. The Morgan fingerprint density at radius 3 is 2.60 bits per heavy atom. The van der Waals surface area contributed by atoms with Crippen LogP contribution in [0.1, 0.15) is 18.9 Å². The fourth-order valence-corrected chi connectivity index (χ4v) is 3.12. The van der Waals surface area contributed by atoms with E-state index in [1.54, 1.807) is 0 Å². The number of carbonyl (C=O) groups is 3.